The Morgan fingerprint density at radius 3 is 2.77 bits per heavy atom. The minimum atomic E-state index is -0.921. The third-order valence-electron chi connectivity index (χ3n) is 1.65. The minimum Gasteiger partial charge on any atom is -0.387 e. The van der Waals surface area contributed by atoms with E-state index >= 15 is 0 Å². The highest BCUT2D eigenvalue weighted by atomic mass is 79.9. The molecule has 1 rings (SSSR count). The van der Waals surface area contributed by atoms with Gasteiger partial charge in [0, 0.05) is 12.1 Å². The lowest BCUT2D eigenvalue weighted by molar-refractivity contribution is 0.186. The second-order valence-corrected chi connectivity index (χ2v) is 3.75. The topological polar surface area (TPSA) is 46.2 Å². The zero-order valence-electron chi connectivity index (χ0n) is 6.60. The number of nitrogens with two attached hydrogens (primary N) is 1. The van der Waals surface area contributed by atoms with Crippen molar-refractivity contribution in [2.45, 2.75) is 6.10 Å². The summed E-state index contributed by atoms with van der Waals surface area (Å²) in [6, 6.07) is 3.02. The van der Waals surface area contributed by atoms with E-state index in [1.54, 1.807) is 0 Å². The predicted octanol–water partition coefficient (Wildman–Crippen LogP) is 2.23. The Labute approximate surface area is 88.6 Å². The van der Waals surface area contributed by atoms with Crippen LogP contribution in [0.2, 0.25) is 5.02 Å². The highest BCUT2D eigenvalue weighted by Gasteiger charge is 2.14. The van der Waals surface area contributed by atoms with Crippen LogP contribution in [0.5, 0.6) is 0 Å². The third-order valence-corrected chi connectivity index (χ3v) is 2.64. The molecule has 0 aliphatic rings. The van der Waals surface area contributed by atoms with Crippen molar-refractivity contribution in [3.63, 3.8) is 0 Å². The average molecular weight is 269 g/mol. The van der Waals surface area contributed by atoms with Crippen LogP contribution in [0.4, 0.5) is 4.39 Å². The lowest BCUT2D eigenvalue weighted by Gasteiger charge is -2.10. The summed E-state index contributed by atoms with van der Waals surface area (Å²) in [7, 11) is 0. The van der Waals surface area contributed by atoms with Crippen LogP contribution in [0.15, 0.2) is 16.6 Å². The molecule has 1 aromatic rings. The van der Waals surface area contributed by atoms with E-state index in [1.807, 2.05) is 0 Å². The summed E-state index contributed by atoms with van der Waals surface area (Å²) < 4.78 is 13.4. The first-order valence-electron chi connectivity index (χ1n) is 3.59. The normalized spacial score (nSPS) is 13.0. The van der Waals surface area contributed by atoms with Gasteiger partial charge in [0.15, 0.2) is 5.82 Å². The van der Waals surface area contributed by atoms with E-state index < -0.39 is 11.9 Å². The summed E-state index contributed by atoms with van der Waals surface area (Å²) in [4.78, 5) is 0. The number of hydrogen-bond donors (Lipinski definition) is 2. The molecule has 1 atom stereocenters. The SMILES string of the molecule is NCC(O)c1ccc(Br)c(F)c1Cl. The Balaban J connectivity index is 3.18. The minimum absolute atomic E-state index is 0.0147. The lowest BCUT2D eigenvalue weighted by Crippen LogP contribution is -2.12. The molecule has 3 N–H and O–H groups in total. The van der Waals surface area contributed by atoms with Crippen LogP contribution in [0.25, 0.3) is 0 Å². The average Bonchev–Trinajstić information content (AvgIpc) is 2.13. The molecule has 13 heavy (non-hydrogen) atoms. The first-order valence-corrected chi connectivity index (χ1v) is 4.76. The zero-order chi connectivity index (χ0) is 10.0. The molecule has 0 saturated carbocycles. The third kappa shape index (κ3) is 2.20. The highest BCUT2D eigenvalue weighted by molar-refractivity contribution is 9.10. The van der Waals surface area contributed by atoms with Crippen LogP contribution >= 0.6 is 27.5 Å². The first-order chi connectivity index (χ1) is 6.07. The van der Waals surface area contributed by atoms with Crippen molar-refractivity contribution in [1.82, 2.24) is 0 Å². The van der Waals surface area contributed by atoms with E-state index in [0.717, 1.165) is 0 Å². The van der Waals surface area contributed by atoms with E-state index in [0.29, 0.717) is 5.56 Å². The highest BCUT2D eigenvalue weighted by Crippen LogP contribution is 2.29. The Bertz CT molecular complexity index is 321. The summed E-state index contributed by atoms with van der Waals surface area (Å²) in [5.41, 5.74) is 5.53. The van der Waals surface area contributed by atoms with Crippen LogP contribution in [0.3, 0.4) is 0 Å². The second kappa shape index (κ2) is 4.37. The molecule has 0 saturated heterocycles. The number of rotatable bonds is 2. The Hall–Kier alpha value is -0.160. The maximum atomic E-state index is 13.2. The molecule has 0 aliphatic carbocycles. The molecular formula is C8H8BrClFNO. The van der Waals surface area contributed by atoms with Gasteiger partial charge in [-0.2, -0.15) is 0 Å². The van der Waals surface area contributed by atoms with Gasteiger partial charge in [-0.05, 0) is 22.0 Å². The first kappa shape index (κ1) is 10.9. The van der Waals surface area contributed by atoms with Gasteiger partial charge in [0.1, 0.15) is 0 Å². The molecule has 0 fully saturated rings. The smallest absolute Gasteiger partial charge is 0.156 e. The fourth-order valence-electron chi connectivity index (χ4n) is 0.925. The van der Waals surface area contributed by atoms with Crippen LogP contribution in [0, 0.1) is 5.82 Å². The molecule has 2 nitrogen and oxygen atoms in total. The van der Waals surface area contributed by atoms with Gasteiger partial charge in [0.05, 0.1) is 15.6 Å². The van der Waals surface area contributed by atoms with Gasteiger partial charge in [0.2, 0.25) is 0 Å². The molecule has 1 aromatic carbocycles. The van der Waals surface area contributed by atoms with E-state index in [1.165, 1.54) is 12.1 Å². The Kier molecular flexibility index (Phi) is 3.67. The number of hydrogen-bond acceptors (Lipinski definition) is 2. The molecule has 0 bridgehead atoms. The molecule has 1 unspecified atom stereocenters. The van der Waals surface area contributed by atoms with Gasteiger partial charge in [-0.3, -0.25) is 0 Å². The molecule has 0 radical (unpaired) electrons. The van der Waals surface area contributed by atoms with Crippen LogP contribution in [0.1, 0.15) is 11.7 Å². The van der Waals surface area contributed by atoms with E-state index in [-0.39, 0.29) is 16.0 Å². The van der Waals surface area contributed by atoms with Crippen molar-refractivity contribution in [2.24, 2.45) is 5.73 Å². The Morgan fingerprint density at radius 2 is 2.23 bits per heavy atom. The fourth-order valence-corrected chi connectivity index (χ4v) is 1.66. The molecular weight excluding hydrogens is 260 g/mol. The van der Waals surface area contributed by atoms with Gasteiger partial charge >= 0.3 is 0 Å². The van der Waals surface area contributed by atoms with Crippen LogP contribution in [-0.4, -0.2) is 11.7 Å². The zero-order valence-corrected chi connectivity index (χ0v) is 8.94. The fraction of sp³-hybridized carbons (Fsp3) is 0.250. The van der Waals surface area contributed by atoms with Crippen molar-refractivity contribution in [2.75, 3.05) is 6.54 Å². The number of benzene rings is 1. The molecule has 0 spiro atoms. The van der Waals surface area contributed by atoms with E-state index in [9.17, 15) is 9.50 Å². The van der Waals surface area contributed by atoms with Crippen molar-refractivity contribution in [1.29, 1.82) is 0 Å². The number of halogens is 3. The summed E-state index contributed by atoms with van der Waals surface area (Å²) in [6.07, 6.45) is -0.921. The maximum absolute atomic E-state index is 13.2. The predicted molar refractivity (Wildman–Crippen MR) is 53.1 cm³/mol. The van der Waals surface area contributed by atoms with Crippen molar-refractivity contribution in [3.8, 4) is 0 Å². The molecule has 0 aliphatic heterocycles. The van der Waals surface area contributed by atoms with E-state index in [4.69, 9.17) is 17.3 Å². The summed E-state index contributed by atoms with van der Waals surface area (Å²) in [5, 5.41) is 9.24. The van der Waals surface area contributed by atoms with Gasteiger partial charge in [-0.1, -0.05) is 17.7 Å². The maximum Gasteiger partial charge on any atom is 0.156 e. The van der Waals surface area contributed by atoms with Crippen LogP contribution in [-0.2, 0) is 0 Å². The van der Waals surface area contributed by atoms with Crippen molar-refractivity contribution >= 4 is 27.5 Å². The monoisotopic (exact) mass is 267 g/mol. The summed E-state index contributed by atoms with van der Waals surface area (Å²) >= 11 is 8.63. The molecule has 72 valence electrons. The standard InChI is InChI=1S/C8H8BrClFNO/c9-5-2-1-4(6(13)3-12)7(10)8(5)11/h1-2,6,13H,3,12H2. The van der Waals surface area contributed by atoms with Crippen molar-refractivity contribution < 1.29 is 9.50 Å². The lowest BCUT2D eigenvalue weighted by atomic mass is 10.1. The number of aliphatic hydroxyl groups is 1. The quantitative estimate of drug-likeness (QED) is 0.808. The summed E-state index contributed by atoms with van der Waals surface area (Å²) in [5.74, 6) is -0.577. The van der Waals surface area contributed by atoms with Gasteiger partial charge < -0.3 is 10.8 Å². The molecule has 0 aromatic heterocycles. The number of aliphatic hydroxyl groups excluding tert-OH is 1. The van der Waals surface area contributed by atoms with Gasteiger partial charge in [0.25, 0.3) is 0 Å². The Morgan fingerprint density at radius 1 is 1.62 bits per heavy atom. The molecule has 5 heteroatoms. The summed E-state index contributed by atoms with van der Waals surface area (Å²) in [6.45, 7) is 0.0147. The molecule has 0 heterocycles. The van der Waals surface area contributed by atoms with E-state index in [2.05, 4.69) is 15.9 Å². The van der Waals surface area contributed by atoms with Crippen LogP contribution < -0.4 is 5.73 Å². The van der Waals surface area contributed by atoms with Crippen molar-refractivity contribution in [3.05, 3.63) is 33.0 Å². The van der Waals surface area contributed by atoms with Gasteiger partial charge in [-0.25, -0.2) is 4.39 Å². The second-order valence-electron chi connectivity index (χ2n) is 2.52. The van der Waals surface area contributed by atoms with Gasteiger partial charge in [-0.15, -0.1) is 0 Å². The largest absolute Gasteiger partial charge is 0.387 e. The molecule has 0 amide bonds.